The Kier molecular flexibility index (Phi) is 6.19. The molecule has 1 aliphatic rings. The molecular formula is C21H27FN2O. The van der Waals surface area contributed by atoms with Crippen LogP contribution in [0.4, 0.5) is 4.39 Å². The molecule has 1 saturated carbocycles. The van der Waals surface area contributed by atoms with Gasteiger partial charge in [-0.2, -0.15) is 0 Å². The lowest BCUT2D eigenvalue weighted by Gasteiger charge is -2.27. The molecule has 2 aromatic rings. The van der Waals surface area contributed by atoms with Crippen molar-refractivity contribution in [3.05, 3.63) is 71.5 Å². The van der Waals surface area contributed by atoms with E-state index in [9.17, 15) is 9.50 Å². The van der Waals surface area contributed by atoms with Crippen molar-refractivity contribution in [3.63, 3.8) is 0 Å². The number of benzene rings is 2. The fourth-order valence-corrected chi connectivity index (χ4v) is 3.30. The summed E-state index contributed by atoms with van der Waals surface area (Å²) in [6.45, 7) is 2.77. The Hall–Kier alpha value is -1.75. The van der Waals surface area contributed by atoms with Crippen molar-refractivity contribution in [3.8, 4) is 0 Å². The predicted octanol–water partition coefficient (Wildman–Crippen LogP) is 3.28. The largest absolute Gasteiger partial charge is 0.390 e. The van der Waals surface area contributed by atoms with Crippen LogP contribution in [0, 0.1) is 5.82 Å². The molecule has 4 heteroatoms. The molecule has 1 unspecified atom stereocenters. The Bertz CT molecular complexity index is 660. The number of hydrogen-bond donors (Lipinski definition) is 1. The Balaban J connectivity index is 1.51. The van der Waals surface area contributed by atoms with Crippen LogP contribution < -0.4 is 0 Å². The molecule has 0 amide bonds. The molecular weight excluding hydrogens is 315 g/mol. The zero-order valence-corrected chi connectivity index (χ0v) is 14.8. The minimum absolute atomic E-state index is 0.198. The number of halogens is 1. The summed E-state index contributed by atoms with van der Waals surface area (Å²) in [5.74, 6) is -0.198. The highest BCUT2D eigenvalue weighted by molar-refractivity contribution is 5.17. The van der Waals surface area contributed by atoms with Gasteiger partial charge >= 0.3 is 0 Å². The predicted molar refractivity (Wildman–Crippen MR) is 98.6 cm³/mol. The van der Waals surface area contributed by atoms with E-state index in [0.717, 1.165) is 12.1 Å². The summed E-state index contributed by atoms with van der Waals surface area (Å²) in [5, 5.41) is 10.5. The third-order valence-corrected chi connectivity index (χ3v) is 4.60. The van der Waals surface area contributed by atoms with E-state index in [0.29, 0.717) is 25.7 Å². The molecule has 1 aliphatic carbocycles. The molecule has 2 aromatic carbocycles. The molecule has 1 fully saturated rings. The van der Waals surface area contributed by atoms with Crippen molar-refractivity contribution in [1.29, 1.82) is 0 Å². The second-order valence-corrected chi connectivity index (χ2v) is 7.13. The van der Waals surface area contributed by atoms with Crippen LogP contribution in [0.25, 0.3) is 0 Å². The van der Waals surface area contributed by atoms with E-state index in [1.54, 1.807) is 12.1 Å². The van der Waals surface area contributed by atoms with Gasteiger partial charge < -0.3 is 5.11 Å². The number of aliphatic hydroxyl groups is 1. The third kappa shape index (κ3) is 5.92. The van der Waals surface area contributed by atoms with E-state index in [2.05, 4.69) is 21.9 Å². The highest BCUT2D eigenvalue weighted by Crippen LogP contribution is 2.28. The fourth-order valence-electron chi connectivity index (χ4n) is 3.30. The Morgan fingerprint density at radius 1 is 1.00 bits per heavy atom. The summed E-state index contributed by atoms with van der Waals surface area (Å²) < 4.78 is 13.4. The normalized spacial score (nSPS) is 15.7. The standard InChI is InChI=1S/C21H27FN2O/c1-23(13-17-6-3-2-4-7-17)15-21(25)16-24(20-10-11-20)14-18-8-5-9-19(22)12-18/h2-9,12,20-21,25H,10-11,13-16H2,1H3. The molecule has 3 nitrogen and oxygen atoms in total. The summed E-state index contributed by atoms with van der Waals surface area (Å²) >= 11 is 0. The second kappa shape index (κ2) is 8.56. The summed E-state index contributed by atoms with van der Waals surface area (Å²) in [5.41, 5.74) is 2.22. The zero-order valence-electron chi connectivity index (χ0n) is 14.8. The van der Waals surface area contributed by atoms with Gasteiger partial charge in [0.05, 0.1) is 6.10 Å². The van der Waals surface area contributed by atoms with Crippen LogP contribution in [0.5, 0.6) is 0 Å². The van der Waals surface area contributed by atoms with Crippen LogP contribution in [0.2, 0.25) is 0 Å². The minimum atomic E-state index is -0.414. The molecule has 0 heterocycles. The molecule has 25 heavy (non-hydrogen) atoms. The van der Waals surface area contributed by atoms with Crippen LogP contribution in [-0.4, -0.2) is 47.2 Å². The van der Waals surface area contributed by atoms with Gasteiger partial charge in [0.1, 0.15) is 5.82 Å². The number of aliphatic hydroxyl groups excluding tert-OH is 1. The maximum absolute atomic E-state index is 13.4. The van der Waals surface area contributed by atoms with Crippen LogP contribution in [0.1, 0.15) is 24.0 Å². The van der Waals surface area contributed by atoms with Crippen molar-refractivity contribution in [1.82, 2.24) is 9.80 Å². The van der Waals surface area contributed by atoms with E-state index in [-0.39, 0.29) is 5.82 Å². The van der Waals surface area contributed by atoms with Crippen molar-refractivity contribution in [2.75, 3.05) is 20.1 Å². The smallest absolute Gasteiger partial charge is 0.123 e. The topological polar surface area (TPSA) is 26.7 Å². The molecule has 3 rings (SSSR count). The Morgan fingerprint density at radius 3 is 2.40 bits per heavy atom. The maximum Gasteiger partial charge on any atom is 0.123 e. The van der Waals surface area contributed by atoms with Gasteiger partial charge in [-0.05, 0) is 43.1 Å². The van der Waals surface area contributed by atoms with E-state index in [1.807, 2.05) is 31.3 Å². The van der Waals surface area contributed by atoms with E-state index in [1.165, 1.54) is 24.5 Å². The van der Waals surface area contributed by atoms with Crippen LogP contribution in [0.15, 0.2) is 54.6 Å². The van der Waals surface area contributed by atoms with Gasteiger partial charge in [-0.1, -0.05) is 42.5 Å². The summed E-state index contributed by atoms with van der Waals surface area (Å²) in [7, 11) is 2.03. The van der Waals surface area contributed by atoms with Crippen LogP contribution in [-0.2, 0) is 13.1 Å². The Morgan fingerprint density at radius 2 is 1.72 bits per heavy atom. The molecule has 0 saturated heterocycles. The van der Waals surface area contributed by atoms with Gasteiger partial charge in [0.25, 0.3) is 0 Å². The summed E-state index contributed by atoms with van der Waals surface area (Å²) in [6.07, 6.45) is 1.92. The first kappa shape index (κ1) is 18.1. The number of likely N-dealkylation sites (N-methyl/N-ethyl adjacent to an activating group) is 1. The maximum atomic E-state index is 13.4. The van der Waals surface area contributed by atoms with E-state index < -0.39 is 6.10 Å². The van der Waals surface area contributed by atoms with Crippen molar-refractivity contribution in [2.45, 2.75) is 38.1 Å². The number of rotatable bonds is 9. The quantitative estimate of drug-likeness (QED) is 0.758. The van der Waals surface area contributed by atoms with Gasteiger partial charge in [-0.25, -0.2) is 4.39 Å². The van der Waals surface area contributed by atoms with Crippen molar-refractivity contribution >= 4 is 0 Å². The third-order valence-electron chi connectivity index (χ3n) is 4.60. The minimum Gasteiger partial charge on any atom is -0.390 e. The monoisotopic (exact) mass is 342 g/mol. The summed E-state index contributed by atoms with van der Waals surface area (Å²) in [6, 6.07) is 17.6. The Labute approximate surface area is 149 Å². The van der Waals surface area contributed by atoms with Gasteiger partial charge in [0, 0.05) is 32.2 Å². The highest BCUT2D eigenvalue weighted by Gasteiger charge is 2.30. The molecule has 1 N–H and O–H groups in total. The first-order chi connectivity index (χ1) is 12.1. The molecule has 0 bridgehead atoms. The van der Waals surface area contributed by atoms with Gasteiger partial charge in [0.15, 0.2) is 0 Å². The molecule has 1 atom stereocenters. The SMILES string of the molecule is CN(Cc1ccccc1)CC(O)CN(Cc1cccc(F)c1)C1CC1. The van der Waals surface area contributed by atoms with E-state index >= 15 is 0 Å². The first-order valence-electron chi connectivity index (χ1n) is 8.99. The van der Waals surface area contributed by atoms with E-state index in [4.69, 9.17) is 0 Å². The van der Waals surface area contributed by atoms with Crippen molar-refractivity contribution in [2.24, 2.45) is 0 Å². The van der Waals surface area contributed by atoms with Crippen LogP contribution in [0.3, 0.4) is 0 Å². The first-order valence-corrected chi connectivity index (χ1v) is 8.99. The molecule has 0 spiro atoms. The van der Waals surface area contributed by atoms with Crippen LogP contribution >= 0.6 is 0 Å². The lowest BCUT2D eigenvalue weighted by Crippen LogP contribution is -2.39. The zero-order chi connectivity index (χ0) is 17.6. The number of hydrogen-bond acceptors (Lipinski definition) is 3. The molecule has 0 aromatic heterocycles. The lowest BCUT2D eigenvalue weighted by molar-refractivity contribution is 0.0737. The number of nitrogens with zero attached hydrogens (tertiary/aromatic N) is 2. The van der Waals surface area contributed by atoms with Gasteiger partial charge in [0.2, 0.25) is 0 Å². The lowest BCUT2D eigenvalue weighted by atomic mass is 10.2. The highest BCUT2D eigenvalue weighted by atomic mass is 19.1. The van der Waals surface area contributed by atoms with Gasteiger partial charge in [-0.3, -0.25) is 9.80 Å². The molecule has 0 aliphatic heterocycles. The van der Waals surface area contributed by atoms with Gasteiger partial charge in [-0.15, -0.1) is 0 Å². The average molecular weight is 342 g/mol. The molecule has 0 radical (unpaired) electrons. The van der Waals surface area contributed by atoms with Crippen molar-refractivity contribution < 1.29 is 9.50 Å². The fraction of sp³-hybridized carbons (Fsp3) is 0.429. The average Bonchev–Trinajstić information content (AvgIpc) is 3.40. The molecule has 134 valence electrons. The summed E-state index contributed by atoms with van der Waals surface area (Å²) in [4.78, 5) is 4.43. The second-order valence-electron chi connectivity index (χ2n) is 7.13.